The number of rotatable bonds is 8. The molecule has 3 heteroatoms. The summed E-state index contributed by atoms with van der Waals surface area (Å²) in [5.41, 5.74) is 0. The van der Waals surface area contributed by atoms with Crippen molar-refractivity contribution in [1.82, 2.24) is 10.2 Å². The Kier molecular flexibility index (Phi) is 7.33. The normalized spacial score (nSPS) is 20.9. The van der Waals surface area contributed by atoms with Crippen LogP contribution in [-0.4, -0.2) is 36.5 Å². The van der Waals surface area contributed by atoms with Gasteiger partial charge in [0.25, 0.3) is 0 Å². The largest absolute Gasteiger partial charge is 0.340 e. The van der Waals surface area contributed by atoms with E-state index in [1.54, 1.807) is 0 Å². The Morgan fingerprint density at radius 1 is 1.44 bits per heavy atom. The molecular formula is C15H30N2O. The van der Waals surface area contributed by atoms with Crippen LogP contribution in [0.2, 0.25) is 0 Å². The summed E-state index contributed by atoms with van der Waals surface area (Å²) in [5, 5.41) is 3.37. The number of amides is 1. The van der Waals surface area contributed by atoms with Crippen molar-refractivity contribution >= 4 is 5.91 Å². The Labute approximate surface area is 112 Å². The van der Waals surface area contributed by atoms with E-state index < -0.39 is 0 Å². The first kappa shape index (κ1) is 15.5. The average Bonchev–Trinajstić information content (AvgIpc) is 2.89. The van der Waals surface area contributed by atoms with Gasteiger partial charge in [-0.3, -0.25) is 4.79 Å². The van der Waals surface area contributed by atoms with Crippen LogP contribution in [0, 0.1) is 5.92 Å². The number of unbranched alkanes of at least 4 members (excludes halogenated alkanes) is 1. The summed E-state index contributed by atoms with van der Waals surface area (Å²) >= 11 is 0. The fourth-order valence-electron chi connectivity index (χ4n) is 2.57. The second-order valence-electron chi connectivity index (χ2n) is 5.60. The van der Waals surface area contributed by atoms with E-state index in [4.69, 9.17) is 0 Å². The Morgan fingerprint density at radius 3 is 2.78 bits per heavy atom. The molecule has 1 aliphatic heterocycles. The van der Waals surface area contributed by atoms with E-state index in [1.807, 2.05) is 0 Å². The van der Waals surface area contributed by atoms with Crippen molar-refractivity contribution in [3.8, 4) is 0 Å². The highest BCUT2D eigenvalue weighted by molar-refractivity contribution is 5.76. The summed E-state index contributed by atoms with van der Waals surface area (Å²) < 4.78 is 0. The quantitative estimate of drug-likeness (QED) is 0.722. The van der Waals surface area contributed by atoms with Gasteiger partial charge in [-0.2, -0.15) is 0 Å². The number of carbonyl (C=O) groups is 1. The fourth-order valence-corrected chi connectivity index (χ4v) is 2.57. The lowest BCUT2D eigenvalue weighted by atomic mass is 10.0. The van der Waals surface area contributed by atoms with Crippen molar-refractivity contribution in [2.45, 2.75) is 65.3 Å². The minimum atomic E-state index is 0.365. The molecule has 0 aliphatic carbocycles. The maximum atomic E-state index is 12.3. The maximum absolute atomic E-state index is 12.3. The average molecular weight is 254 g/mol. The predicted octanol–water partition coefficient (Wildman–Crippen LogP) is 2.80. The Morgan fingerprint density at radius 2 is 2.22 bits per heavy atom. The molecule has 0 aromatic rings. The third-order valence-corrected chi connectivity index (χ3v) is 4.12. The van der Waals surface area contributed by atoms with E-state index in [0.717, 1.165) is 57.7 Å². The van der Waals surface area contributed by atoms with Crippen LogP contribution in [0.15, 0.2) is 0 Å². The first-order valence-corrected chi connectivity index (χ1v) is 7.69. The van der Waals surface area contributed by atoms with Gasteiger partial charge in [-0.05, 0) is 51.6 Å². The zero-order chi connectivity index (χ0) is 13.4. The molecule has 0 saturated carbocycles. The van der Waals surface area contributed by atoms with Crippen molar-refractivity contribution in [3.63, 3.8) is 0 Å². The molecule has 0 aromatic carbocycles. The molecule has 1 saturated heterocycles. The number of nitrogens with zero attached hydrogens (tertiary/aromatic N) is 1. The third kappa shape index (κ3) is 4.97. The predicted molar refractivity (Wildman–Crippen MR) is 76.6 cm³/mol. The molecule has 0 aromatic heterocycles. The minimum Gasteiger partial charge on any atom is -0.340 e. The molecule has 0 spiro atoms. The van der Waals surface area contributed by atoms with Crippen LogP contribution in [-0.2, 0) is 4.79 Å². The molecule has 3 nitrogen and oxygen atoms in total. The van der Waals surface area contributed by atoms with E-state index in [2.05, 4.69) is 31.0 Å². The van der Waals surface area contributed by atoms with E-state index in [9.17, 15) is 4.79 Å². The van der Waals surface area contributed by atoms with Gasteiger partial charge in [0.05, 0.1) is 0 Å². The zero-order valence-corrected chi connectivity index (χ0v) is 12.4. The lowest BCUT2D eigenvalue weighted by molar-refractivity contribution is -0.133. The van der Waals surface area contributed by atoms with Gasteiger partial charge in [0.1, 0.15) is 0 Å². The van der Waals surface area contributed by atoms with Crippen LogP contribution < -0.4 is 5.32 Å². The molecule has 0 radical (unpaired) electrons. The SMILES string of the molecule is CCCCN(C(=O)CCC1CCNC1)C(C)CC. The summed E-state index contributed by atoms with van der Waals surface area (Å²) in [5.74, 6) is 1.09. The minimum absolute atomic E-state index is 0.365. The van der Waals surface area contributed by atoms with Crippen LogP contribution in [0.3, 0.4) is 0 Å². The van der Waals surface area contributed by atoms with Crippen LogP contribution in [0.5, 0.6) is 0 Å². The Bertz CT molecular complexity index is 237. The molecule has 0 bridgehead atoms. The van der Waals surface area contributed by atoms with Gasteiger partial charge in [0, 0.05) is 19.0 Å². The smallest absolute Gasteiger partial charge is 0.222 e. The van der Waals surface area contributed by atoms with Gasteiger partial charge >= 0.3 is 0 Å². The van der Waals surface area contributed by atoms with Crippen molar-refractivity contribution in [1.29, 1.82) is 0 Å². The van der Waals surface area contributed by atoms with Crippen LogP contribution in [0.4, 0.5) is 0 Å². The van der Waals surface area contributed by atoms with Gasteiger partial charge in [0.2, 0.25) is 5.91 Å². The maximum Gasteiger partial charge on any atom is 0.222 e. The summed E-state index contributed by atoms with van der Waals surface area (Å²) in [7, 11) is 0. The lowest BCUT2D eigenvalue weighted by Gasteiger charge is -2.29. The Balaban J connectivity index is 2.36. The van der Waals surface area contributed by atoms with Gasteiger partial charge in [0.15, 0.2) is 0 Å². The third-order valence-electron chi connectivity index (χ3n) is 4.12. The van der Waals surface area contributed by atoms with Crippen molar-refractivity contribution in [2.75, 3.05) is 19.6 Å². The molecule has 1 heterocycles. The van der Waals surface area contributed by atoms with E-state index in [-0.39, 0.29) is 0 Å². The van der Waals surface area contributed by atoms with E-state index in [0.29, 0.717) is 11.9 Å². The number of hydrogen-bond acceptors (Lipinski definition) is 2. The van der Waals surface area contributed by atoms with Crippen molar-refractivity contribution < 1.29 is 4.79 Å². The van der Waals surface area contributed by atoms with Gasteiger partial charge in [-0.1, -0.05) is 20.3 Å². The molecule has 1 amide bonds. The van der Waals surface area contributed by atoms with Gasteiger partial charge < -0.3 is 10.2 Å². The van der Waals surface area contributed by atoms with Gasteiger partial charge in [-0.15, -0.1) is 0 Å². The molecule has 18 heavy (non-hydrogen) atoms. The van der Waals surface area contributed by atoms with Crippen LogP contribution in [0.25, 0.3) is 0 Å². The van der Waals surface area contributed by atoms with Gasteiger partial charge in [-0.25, -0.2) is 0 Å². The van der Waals surface area contributed by atoms with Crippen molar-refractivity contribution in [3.05, 3.63) is 0 Å². The molecular weight excluding hydrogens is 224 g/mol. The van der Waals surface area contributed by atoms with E-state index in [1.165, 1.54) is 6.42 Å². The summed E-state index contributed by atoms with van der Waals surface area (Å²) in [4.78, 5) is 14.4. The van der Waals surface area contributed by atoms with Crippen LogP contribution >= 0.6 is 0 Å². The molecule has 2 atom stereocenters. The highest BCUT2D eigenvalue weighted by atomic mass is 16.2. The molecule has 1 aliphatic rings. The number of carbonyl (C=O) groups excluding carboxylic acids is 1. The standard InChI is InChI=1S/C15H30N2O/c1-4-6-11-17(13(3)5-2)15(18)8-7-14-9-10-16-12-14/h13-14,16H,4-12H2,1-3H3. The second kappa shape index (κ2) is 8.52. The monoisotopic (exact) mass is 254 g/mol. The highest BCUT2D eigenvalue weighted by Gasteiger charge is 2.21. The zero-order valence-electron chi connectivity index (χ0n) is 12.4. The first-order valence-electron chi connectivity index (χ1n) is 7.69. The number of nitrogens with one attached hydrogen (secondary N) is 1. The molecule has 2 unspecified atom stereocenters. The summed E-state index contributed by atoms with van der Waals surface area (Å²) in [6.07, 6.45) is 6.38. The molecule has 1 N–H and O–H groups in total. The van der Waals surface area contributed by atoms with Crippen molar-refractivity contribution in [2.24, 2.45) is 5.92 Å². The highest BCUT2D eigenvalue weighted by Crippen LogP contribution is 2.16. The number of hydrogen-bond donors (Lipinski definition) is 1. The summed E-state index contributed by atoms with van der Waals surface area (Å²) in [6.45, 7) is 9.69. The van der Waals surface area contributed by atoms with E-state index >= 15 is 0 Å². The van der Waals surface area contributed by atoms with Crippen LogP contribution in [0.1, 0.15) is 59.3 Å². The topological polar surface area (TPSA) is 32.3 Å². The molecule has 106 valence electrons. The second-order valence-corrected chi connectivity index (χ2v) is 5.60. The molecule has 1 rings (SSSR count). The molecule has 1 fully saturated rings. The summed E-state index contributed by atoms with van der Waals surface area (Å²) in [6, 6.07) is 0.394. The Hall–Kier alpha value is -0.570. The first-order chi connectivity index (χ1) is 8.69. The lowest BCUT2D eigenvalue weighted by Crippen LogP contribution is -2.39. The fraction of sp³-hybridized carbons (Fsp3) is 0.933.